The fourth-order valence-corrected chi connectivity index (χ4v) is 1.75. The number of aryl methyl sites for hydroxylation is 1. The third-order valence-corrected chi connectivity index (χ3v) is 2.65. The van der Waals surface area contributed by atoms with Gasteiger partial charge in [0.05, 0.1) is 6.61 Å². The molecule has 0 atom stereocenters. The molecule has 2 nitrogen and oxygen atoms in total. The van der Waals surface area contributed by atoms with Gasteiger partial charge in [0.15, 0.2) is 0 Å². The predicted octanol–water partition coefficient (Wildman–Crippen LogP) is 3.31. The number of hydrogen-bond donors (Lipinski definition) is 0. The maximum absolute atomic E-state index is 5.63. The zero-order valence-electron chi connectivity index (χ0n) is 9.25. The van der Waals surface area contributed by atoms with Crippen molar-refractivity contribution in [2.75, 3.05) is 19.8 Å². The van der Waals surface area contributed by atoms with E-state index in [1.807, 2.05) is 13.0 Å². The summed E-state index contributed by atoms with van der Waals surface area (Å²) >= 11 is 3.45. The van der Waals surface area contributed by atoms with Gasteiger partial charge in [-0.25, -0.2) is 0 Å². The Kier molecular flexibility index (Phi) is 5.73. The first-order valence-electron chi connectivity index (χ1n) is 5.14. The molecule has 0 aliphatic rings. The van der Waals surface area contributed by atoms with Crippen LogP contribution in [0.4, 0.5) is 0 Å². The first-order chi connectivity index (χ1) is 7.27. The molecule has 0 amide bonds. The number of halogens is 1. The Morgan fingerprint density at radius 3 is 2.73 bits per heavy atom. The first-order valence-corrected chi connectivity index (χ1v) is 6.26. The highest BCUT2D eigenvalue weighted by Gasteiger charge is 2.02. The minimum absolute atomic E-state index is 0.608. The molecule has 0 N–H and O–H groups in total. The summed E-state index contributed by atoms with van der Waals surface area (Å²) in [6, 6.07) is 6.20. The van der Waals surface area contributed by atoms with Gasteiger partial charge in [0.1, 0.15) is 12.4 Å². The molecule has 84 valence electrons. The Balaban J connectivity index is 2.52. The third kappa shape index (κ3) is 4.22. The van der Waals surface area contributed by atoms with Gasteiger partial charge in [-0.3, -0.25) is 0 Å². The van der Waals surface area contributed by atoms with E-state index in [1.165, 1.54) is 11.1 Å². The predicted molar refractivity (Wildman–Crippen MR) is 65.8 cm³/mol. The molecule has 1 aromatic carbocycles. The van der Waals surface area contributed by atoms with E-state index in [2.05, 4.69) is 35.0 Å². The van der Waals surface area contributed by atoms with E-state index in [4.69, 9.17) is 9.47 Å². The van der Waals surface area contributed by atoms with Crippen molar-refractivity contribution in [1.29, 1.82) is 0 Å². The Hall–Kier alpha value is -0.540. The van der Waals surface area contributed by atoms with Gasteiger partial charge in [-0.05, 0) is 19.9 Å². The summed E-state index contributed by atoms with van der Waals surface area (Å²) in [5.74, 6) is 0.942. The second-order valence-electron chi connectivity index (χ2n) is 3.29. The topological polar surface area (TPSA) is 18.5 Å². The zero-order valence-corrected chi connectivity index (χ0v) is 10.8. The van der Waals surface area contributed by atoms with Gasteiger partial charge in [0, 0.05) is 17.5 Å². The largest absolute Gasteiger partial charge is 0.491 e. The molecule has 3 heteroatoms. The zero-order chi connectivity index (χ0) is 11.1. The van der Waals surface area contributed by atoms with Gasteiger partial charge in [-0.2, -0.15) is 0 Å². The number of alkyl halides is 1. The summed E-state index contributed by atoms with van der Waals surface area (Å²) in [5.41, 5.74) is 2.44. The molecule has 0 heterocycles. The summed E-state index contributed by atoms with van der Waals surface area (Å²) in [4.78, 5) is 0. The second kappa shape index (κ2) is 6.85. The Morgan fingerprint density at radius 1 is 1.27 bits per heavy atom. The Morgan fingerprint density at radius 2 is 2.07 bits per heavy atom. The van der Waals surface area contributed by atoms with Crippen molar-refractivity contribution in [3.8, 4) is 5.75 Å². The number of hydrogen-bond acceptors (Lipinski definition) is 2. The van der Waals surface area contributed by atoms with Crippen LogP contribution in [-0.2, 0) is 10.1 Å². The second-order valence-corrected chi connectivity index (χ2v) is 3.85. The number of benzene rings is 1. The van der Waals surface area contributed by atoms with E-state index in [0.29, 0.717) is 13.2 Å². The molecular weight excluding hydrogens is 256 g/mol. The van der Waals surface area contributed by atoms with Crippen LogP contribution in [0.5, 0.6) is 5.75 Å². The first kappa shape index (κ1) is 12.5. The summed E-state index contributed by atoms with van der Waals surface area (Å²) in [5, 5.41) is 0.818. The van der Waals surface area contributed by atoms with Crippen molar-refractivity contribution in [3.63, 3.8) is 0 Å². The molecule has 15 heavy (non-hydrogen) atoms. The van der Waals surface area contributed by atoms with Gasteiger partial charge < -0.3 is 9.47 Å². The maximum Gasteiger partial charge on any atom is 0.123 e. The van der Waals surface area contributed by atoms with Crippen LogP contribution in [0, 0.1) is 6.92 Å². The lowest BCUT2D eigenvalue weighted by Gasteiger charge is -2.10. The summed E-state index contributed by atoms with van der Waals surface area (Å²) < 4.78 is 10.8. The highest BCUT2D eigenvalue weighted by atomic mass is 79.9. The molecule has 1 rings (SSSR count). The quantitative estimate of drug-likeness (QED) is 0.585. The molecular formula is C12H17BrO2. The molecule has 0 bridgehead atoms. The fourth-order valence-electron chi connectivity index (χ4n) is 1.31. The molecule has 1 aromatic rings. The normalized spacial score (nSPS) is 10.3. The van der Waals surface area contributed by atoms with Crippen LogP contribution in [0.1, 0.15) is 18.1 Å². The van der Waals surface area contributed by atoms with E-state index in [1.54, 1.807) is 0 Å². The molecule has 0 unspecified atom stereocenters. The van der Waals surface area contributed by atoms with E-state index < -0.39 is 0 Å². The van der Waals surface area contributed by atoms with Gasteiger partial charge in [0.25, 0.3) is 0 Å². The van der Waals surface area contributed by atoms with E-state index in [0.717, 1.165) is 17.7 Å². The van der Waals surface area contributed by atoms with Crippen LogP contribution in [0.15, 0.2) is 18.2 Å². The third-order valence-electron chi connectivity index (χ3n) is 2.05. The Bertz CT molecular complexity index is 300. The molecule has 0 spiro atoms. The lowest BCUT2D eigenvalue weighted by atomic mass is 10.1. The smallest absolute Gasteiger partial charge is 0.123 e. The van der Waals surface area contributed by atoms with Crippen molar-refractivity contribution in [1.82, 2.24) is 0 Å². The summed E-state index contributed by atoms with van der Waals surface area (Å²) in [6.45, 7) is 6.05. The standard InChI is InChI=1S/C12H17BrO2/c1-3-14-6-7-15-12-5-4-10(2)8-11(12)9-13/h4-5,8H,3,6-7,9H2,1-2H3. The van der Waals surface area contributed by atoms with Crippen LogP contribution in [-0.4, -0.2) is 19.8 Å². The Labute approximate surface area is 99.7 Å². The maximum atomic E-state index is 5.63. The summed E-state index contributed by atoms with van der Waals surface area (Å²) in [7, 11) is 0. The van der Waals surface area contributed by atoms with Crippen molar-refractivity contribution < 1.29 is 9.47 Å². The van der Waals surface area contributed by atoms with E-state index in [9.17, 15) is 0 Å². The van der Waals surface area contributed by atoms with E-state index in [-0.39, 0.29) is 0 Å². The molecule has 0 saturated carbocycles. The highest BCUT2D eigenvalue weighted by molar-refractivity contribution is 9.08. The van der Waals surface area contributed by atoms with Crippen LogP contribution < -0.4 is 4.74 Å². The van der Waals surface area contributed by atoms with Crippen molar-refractivity contribution in [3.05, 3.63) is 29.3 Å². The van der Waals surface area contributed by atoms with Crippen molar-refractivity contribution >= 4 is 15.9 Å². The van der Waals surface area contributed by atoms with E-state index >= 15 is 0 Å². The van der Waals surface area contributed by atoms with Gasteiger partial charge in [-0.1, -0.05) is 33.6 Å². The van der Waals surface area contributed by atoms with Gasteiger partial charge in [-0.15, -0.1) is 0 Å². The molecule has 0 aromatic heterocycles. The van der Waals surface area contributed by atoms with Crippen LogP contribution in [0.25, 0.3) is 0 Å². The highest BCUT2D eigenvalue weighted by Crippen LogP contribution is 2.22. The fraction of sp³-hybridized carbons (Fsp3) is 0.500. The van der Waals surface area contributed by atoms with Gasteiger partial charge >= 0.3 is 0 Å². The molecule has 0 aliphatic heterocycles. The van der Waals surface area contributed by atoms with Crippen molar-refractivity contribution in [2.24, 2.45) is 0 Å². The average Bonchev–Trinajstić information content (AvgIpc) is 2.26. The number of rotatable bonds is 6. The lowest BCUT2D eigenvalue weighted by molar-refractivity contribution is 0.110. The van der Waals surface area contributed by atoms with Crippen LogP contribution in [0.3, 0.4) is 0 Å². The average molecular weight is 273 g/mol. The molecule has 0 radical (unpaired) electrons. The van der Waals surface area contributed by atoms with Gasteiger partial charge in [0.2, 0.25) is 0 Å². The molecule has 0 saturated heterocycles. The minimum atomic E-state index is 0.608. The lowest BCUT2D eigenvalue weighted by Crippen LogP contribution is -2.07. The summed E-state index contributed by atoms with van der Waals surface area (Å²) in [6.07, 6.45) is 0. The van der Waals surface area contributed by atoms with Crippen LogP contribution in [0.2, 0.25) is 0 Å². The number of ether oxygens (including phenoxy) is 2. The minimum Gasteiger partial charge on any atom is -0.491 e. The molecule has 0 aliphatic carbocycles. The van der Waals surface area contributed by atoms with Crippen LogP contribution >= 0.6 is 15.9 Å². The SMILES string of the molecule is CCOCCOc1ccc(C)cc1CBr. The monoisotopic (exact) mass is 272 g/mol. The van der Waals surface area contributed by atoms with Crippen molar-refractivity contribution in [2.45, 2.75) is 19.2 Å². The molecule has 0 fully saturated rings.